The molecule has 4 rings (SSSR count). The Kier molecular flexibility index (Phi) is 4.67. The predicted octanol–water partition coefficient (Wildman–Crippen LogP) is 4.11. The summed E-state index contributed by atoms with van der Waals surface area (Å²) in [4.78, 5) is 19.6. The molecule has 3 aromatic rings. The Bertz CT molecular complexity index is 870. The van der Waals surface area contributed by atoms with Gasteiger partial charge in [0.1, 0.15) is 17.4 Å². The van der Waals surface area contributed by atoms with Crippen LogP contribution >= 0.6 is 22.7 Å². The van der Waals surface area contributed by atoms with Crippen molar-refractivity contribution in [3.05, 3.63) is 46.4 Å². The zero-order valence-electron chi connectivity index (χ0n) is 13.5. The van der Waals surface area contributed by atoms with Crippen molar-refractivity contribution >= 4 is 38.8 Å². The maximum atomic E-state index is 13.7. The number of amides is 1. The van der Waals surface area contributed by atoms with Crippen molar-refractivity contribution < 1.29 is 13.9 Å². The van der Waals surface area contributed by atoms with Crippen LogP contribution in [0.15, 0.2) is 35.7 Å². The highest BCUT2D eigenvalue weighted by Gasteiger charge is 2.25. The van der Waals surface area contributed by atoms with Gasteiger partial charge < -0.3 is 9.64 Å². The van der Waals surface area contributed by atoms with Gasteiger partial charge in [-0.1, -0.05) is 23.5 Å². The number of benzene rings is 1. The average Bonchev–Trinajstić information content (AvgIpc) is 3.25. The first-order valence-electron chi connectivity index (χ1n) is 8.21. The van der Waals surface area contributed by atoms with Crippen LogP contribution in [0, 0.1) is 5.82 Å². The van der Waals surface area contributed by atoms with Crippen LogP contribution < -0.4 is 4.74 Å². The van der Waals surface area contributed by atoms with E-state index in [1.807, 2.05) is 28.5 Å². The van der Waals surface area contributed by atoms with E-state index >= 15 is 0 Å². The van der Waals surface area contributed by atoms with Gasteiger partial charge in [0.2, 0.25) is 5.91 Å². The second-order valence-corrected chi connectivity index (χ2v) is 8.05. The molecule has 1 aliphatic heterocycles. The fourth-order valence-corrected chi connectivity index (χ4v) is 4.58. The molecule has 0 aliphatic carbocycles. The Balaban J connectivity index is 1.33. The van der Waals surface area contributed by atoms with Gasteiger partial charge in [-0.15, -0.1) is 11.3 Å². The van der Waals surface area contributed by atoms with Crippen molar-refractivity contribution in [3.8, 4) is 5.19 Å². The molecular weight excluding hydrogens is 359 g/mol. The normalized spacial score (nSPS) is 15.6. The maximum Gasteiger partial charge on any atom is 0.274 e. The van der Waals surface area contributed by atoms with Crippen molar-refractivity contribution in [2.24, 2.45) is 0 Å². The Hall–Kier alpha value is -1.99. The van der Waals surface area contributed by atoms with E-state index in [2.05, 4.69) is 4.98 Å². The number of fused-ring (bicyclic) bond motifs is 1. The highest BCUT2D eigenvalue weighted by Crippen LogP contribution is 2.31. The van der Waals surface area contributed by atoms with Gasteiger partial charge in [-0.2, -0.15) is 4.98 Å². The van der Waals surface area contributed by atoms with E-state index in [9.17, 15) is 9.18 Å². The van der Waals surface area contributed by atoms with E-state index in [-0.39, 0.29) is 17.8 Å². The van der Waals surface area contributed by atoms with Crippen LogP contribution in [-0.4, -0.2) is 35.0 Å². The topological polar surface area (TPSA) is 42.4 Å². The van der Waals surface area contributed by atoms with Crippen LogP contribution in [0.4, 0.5) is 4.39 Å². The number of thiophene rings is 1. The van der Waals surface area contributed by atoms with Gasteiger partial charge in [0.25, 0.3) is 5.19 Å². The van der Waals surface area contributed by atoms with Gasteiger partial charge in [0.15, 0.2) is 0 Å². The number of carbonyl (C=O) groups excluding carboxylic acids is 1. The molecule has 0 N–H and O–H groups in total. The minimum atomic E-state index is -0.322. The van der Waals surface area contributed by atoms with Crippen molar-refractivity contribution in [2.45, 2.75) is 25.4 Å². The van der Waals surface area contributed by atoms with Crippen LogP contribution in [0.25, 0.3) is 10.2 Å². The first kappa shape index (κ1) is 16.5. The SMILES string of the molecule is O=C(Cc1cccs1)N1CCC(Oc2nc3c(F)cccc3s2)CC1. The summed E-state index contributed by atoms with van der Waals surface area (Å²) < 4.78 is 20.4. The Labute approximate surface area is 152 Å². The molecule has 1 fully saturated rings. The van der Waals surface area contributed by atoms with E-state index in [0.29, 0.717) is 30.2 Å². The lowest BCUT2D eigenvalue weighted by molar-refractivity contribution is -0.132. The number of likely N-dealkylation sites (tertiary alicyclic amines) is 1. The lowest BCUT2D eigenvalue weighted by Crippen LogP contribution is -2.42. The van der Waals surface area contributed by atoms with Crippen LogP contribution in [0.3, 0.4) is 0 Å². The first-order chi connectivity index (χ1) is 12.2. The summed E-state index contributed by atoms with van der Waals surface area (Å²) in [6.45, 7) is 1.38. The highest BCUT2D eigenvalue weighted by atomic mass is 32.1. The molecule has 0 saturated carbocycles. The monoisotopic (exact) mass is 376 g/mol. The smallest absolute Gasteiger partial charge is 0.274 e. The molecule has 0 radical (unpaired) electrons. The largest absolute Gasteiger partial charge is 0.467 e. The molecule has 25 heavy (non-hydrogen) atoms. The Morgan fingerprint density at radius 3 is 2.84 bits per heavy atom. The molecule has 1 saturated heterocycles. The van der Waals surface area contributed by atoms with Crippen LogP contribution in [-0.2, 0) is 11.2 Å². The minimum absolute atomic E-state index is 0.0226. The number of hydrogen-bond acceptors (Lipinski definition) is 5. The Morgan fingerprint density at radius 1 is 1.28 bits per heavy atom. The molecule has 0 bridgehead atoms. The summed E-state index contributed by atoms with van der Waals surface area (Å²) in [6.07, 6.45) is 2.04. The van der Waals surface area contributed by atoms with Gasteiger partial charge >= 0.3 is 0 Å². The number of ether oxygens (including phenoxy) is 1. The molecule has 4 nitrogen and oxygen atoms in total. The van der Waals surface area contributed by atoms with E-state index in [1.54, 1.807) is 17.4 Å². The summed E-state index contributed by atoms with van der Waals surface area (Å²) in [6, 6.07) is 8.88. The fourth-order valence-electron chi connectivity index (χ4n) is 2.98. The second kappa shape index (κ2) is 7.09. The third-order valence-corrected chi connectivity index (χ3v) is 6.11. The van der Waals surface area contributed by atoms with Crippen molar-refractivity contribution in [2.75, 3.05) is 13.1 Å². The Morgan fingerprint density at radius 2 is 2.12 bits per heavy atom. The molecule has 1 aromatic carbocycles. The van der Waals surface area contributed by atoms with Crippen molar-refractivity contribution in [3.63, 3.8) is 0 Å². The third kappa shape index (κ3) is 3.67. The number of halogens is 1. The number of carbonyl (C=O) groups is 1. The molecule has 0 unspecified atom stereocenters. The fraction of sp³-hybridized carbons (Fsp3) is 0.333. The minimum Gasteiger partial charge on any atom is -0.467 e. The summed E-state index contributed by atoms with van der Waals surface area (Å²) in [7, 11) is 0. The van der Waals surface area contributed by atoms with Crippen LogP contribution in [0.1, 0.15) is 17.7 Å². The predicted molar refractivity (Wildman–Crippen MR) is 97.8 cm³/mol. The lowest BCUT2D eigenvalue weighted by Gasteiger charge is -2.31. The molecule has 0 atom stereocenters. The molecule has 1 amide bonds. The van der Waals surface area contributed by atoms with Gasteiger partial charge in [0, 0.05) is 30.8 Å². The molecule has 2 aromatic heterocycles. The zero-order valence-corrected chi connectivity index (χ0v) is 15.1. The number of piperidine rings is 1. The van der Waals surface area contributed by atoms with Crippen molar-refractivity contribution in [1.29, 1.82) is 0 Å². The highest BCUT2D eigenvalue weighted by molar-refractivity contribution is 7.20. The average molecular weight is 376 g/mol. The summed E-state index contributed by atoms with van der Waals surface area (Å²) in [5.74, 6) is -0.152. The molecule has 130 valence electrons. The molecule has 7 heteroatoms. The maximum absolute atomic E-state index is 13.7. The summed E-state index contributed by atoms with van der Waals surface area (Å²) in [5, 5.41) is 2.49. The van der Waals surface area contributed by atoms with E-state index < -0.39 is 0 Å². The number of nitrogens with zero attached hydrogens (tertiary/aromatic N) is 2. The molecule has 0 spiro atoms. The van der Waals surface area contributed by atoms with Gasteiger partial charge in [-0.25, -0.2) is 4.39 Å². The van der Waals surface area contributed by atoms with Gasteiger partial charge in [0.05, 0.1) is 11.1 Å². The van der Waals surface area contributed by atoms with Gasteiger partial charge in [-0.3, -0.25) is 4.79 Å². The van der Waals surface area contributed by atoms with E-state index in [4.69, 9.17) is 4.74 Å². The molecule has 3 heterocycles. The van der Waals surface area contributed by atoms with Gasteiger partial charge in [-0.05, 0) is 23.6 Å². The quantitative estimate of drug-likeness (QED) is 0.688. The number of rotatable bonds is 4. The summed E-state index contributed by atoms with van der Waals surface area (Å²) in [5.41, 5.74) is 0.367. The van der Waals surface area contributed by atoms with Crippen LogP contribution in [0.5, 0.6) is 5.19 Å². The van der Waals surface area contributed by atoms with E-state index in [0.717, 1.165) is 22.4 Å². The molecule has 1 aliphatic rings. The number of aromatic nitrogens is 1. The van der Waals surface area contributed by atoms with Crippen LogP contribution in [0.2, 0.25) is 0 Å². The lowest BCUT2D eigenvalue weighted by atomic mass is 10.1. The number of hydrogen-bond donors (Lipinski definition) is 0. The van der Waals surface area contributed by atoms with Crippen molar-refractivity contribution in [1.82, 2.24) is 9.88 Å². The second-order valence-electron chi connectivity index (χ2n) is 6.02. The first-order valence-corrected chi connectivity index (χ1v) is 9.90. The zero-order chi connectivity index (χ0) is 17.2. The molecular formula is C18H17FN2O2S2. The summed E-state index contributed by atoms with van der Waals surface area (Å²) >= 11 is 2.97. The number of thiazole rings is 1. The third-order valence-electron chi connectivity index (χ3n) is 4.32. The van der Waals surface area contributed by atoms with E-state index in [1.165, 1.54) is 17.4 Å². The standard InChI is InChI=1S/C18H17FN2O2S2/c19-14-4-1-5-15-17(14)20-18(25-15)23-12-6-8-21(9-7-12)16(22)11-13-3-2-10-24-13/h1-5,10,12H,6-9,11H2. The number of para-hydroxylation sites is 1.